The second kappa shape index (κ2) is 6.02. The molecule has 2 atom stereocenters. The van der Waals surface area contributed by atoms with Crippen molar-refractivity contribution in [2.24, 2.45) is 5.92 Å². The summed E-state index contributed by atoms with van der Waals surface area (Å²) in [6.45, 7) is 10.7. The molecule has 0 radical (unpaired) electrons. The normalized spacial score (nSPS) is 29.8. The minimum Gasteiger partial charge on any atom is -0.325 e. The van der Waals surface area contributed by atoms with Gasteiger partial charge in [0.1, 0.15) is 0 Å². The summed E-state index contributed by atoms with van der Waals surface area (Å²) in [4.78, 5) is 16.9. The Balaban J connectivity index is 1.90. The number of amides is 1. The van der Waals surface area contributed by atoms with Crippen LogP contribution in [0.1, 0.15) is 40.0 Å². The molecule has 0 spiro atoms. The smallest absolute Gasteiger partial charge is 0.241 e. The van der Waals surface area contributed by atoms with Crippen molar-refractivity contribution >= 4 is 5.91 Å². The fourth-order valence-corrected chi connectivity index (χ4v) is 3.04. The van der Waals surface area contributed by atoms with E-state index in [4.69, 9.17) is 0 Å². The lowest BCUT2D eigenvalue weighted by atomic mass is 10.1. The van der Waals surface area contributed by atoms with Gasteiger partial charge in [-0.25, -0.2) is 0 Å². The number of carbonyl (C=O) groups is 1. The molecule has 2 rings (SSSR count). The van der Waals surface area contributed by atoms with Gasteiger partial charge in [0.2, 0.25) is 5.91 Å². The molecule has 2 unspecified atom stereocenters. The van der Waals surface area contributed by atoms with Crippen molar-refractivity contribution in [3.8, 4) is 0 Å². The van der Waals surface area contributed by atoms with Crippen LogP contribution in [0.4, 0.5) is 0 Å². The number of likely N-dealkylation sites (tertiary alicyclic amines) is 1. The van der Waals surface area contributed by atoms with E-state index in [-0.39, 0.29) is 12.2 Å². The molecule has 4 heteroatoms. The molecule has 104 valence electrons. The molecular weight excluding hydrogens is 226 g/mol. The topological polar surface area (TPSA) is 35.6 Å². The summed E-state index contributed by atoms with van der Waals surface area (Å²) in [5.41, 5.74) is 0. The number of nitrogens with zero attached hydrogens (tertiary/aromatic N) is 2. The van der Waals surface area contributed by atoms with E-state index in [0.717, 1.165) is 19.5 Å². The van der Waals surface area contributed by atoms with Crippen LogP contribution in [0, 0.1) is 5.92 Å². The van der Waals surface area contributed by atoms with Gasteiger partial charge in [-0.15, -0.1) is 0 Å². The Kier molecular flexibility index (Phi) is 4.62. The van der Waals surface area contributed by atoms with E-state index in [9.17, 15) is 4.79 Å². The van der Waals surface area contributed by atoms with Crippen LogP contribution in [-0.2, 0) is 4.79 Å². The molecule has 2 heterocycles. The zero-order valence-electron chi connectivity index (χ0n) is 12.0. The summed E-state index contributed by atoms with van der Waals surface area (Å²) in [5, 5.41) is 3.47. The van der Waals surface area contributed by atoms with E-state index in [1.165, 1.54) is 25.9 Å². The van der Waals surface area contributed by atoms with Gasteiger partial charge in [0, 0.05) is 13.1 Å². The SMILES string of the molecule is CCC1NC(C(C)C)C(=O)N1CCN1CCCC1. The van der Waals surface area contributed by atoms with Crippen LogP contribution in [0.5, 0.6) is 0 Å². The summed E-state index contributed by atoms with van der Waals surface area (Å²) in [6, 6.07) is 0.0218. The lowest BCUT2D eigenvalue weighted by Crippen LogP contribution is -2.41. The summed E-state index contributed by atoms with van der Waals surface area (Å²) in [6.07, 6.45) is 3.87. The second-order valence-electron chi connectivity index (χ2n) is 5.89. The molecule has 1 amide bonds. The van der Waals surface area contributed by atoms with Crippen molar-refractivity contribution in [2.45, 2.75) is 52.2 Å². The molecular formula is C14H27N3O. The first-order chi connectivity index (χ1) is 8.63. The predicted molar refractivity (Wildman–Crippen MR) is 73.2 cm³/mol. The van der Waals surface area contributed by atoms with Crippen molar-refractivity contribution in [3.63, 3.8) is 0 Å². The number of nitrogens with one attached hydrogen (secondary N) is 1. The van der Waals surface area contributed by atoms with Gasteiger partial charge in [0.05, 0.1) is 12.2 Å². The van der Waals surface area contributed by atoms with Crippen molar-refractivity contribution in [3.05, 3.63) is 0 Å². The van der Waals surface area contributed by atoms with Crippen LogP contribution < -0.4 is 5.32 Å². The largest absolute Gasteiger partial charge is 0.325 e. The van der Waals surface area contributed by atoms with Crippen LogP contribution in [0.15, 0.2) is 0 Å². The lowest BCUT2D eigenvalue weighted by Gasteiger charge is -2.25. The van der Waals surface area contributed by atoms with E-state index in [2.05, 4.69) is 35.9 Å². The van der Waals surface area contributed by atoms with Crippen LogP contribution in [0.3, 0.4) is 0 Å². The van der Waals surface area contributed by atoms with Gasteiger partial charge in [-0.3, -0.25) is 10.1 Å². The van der Waals surface area contributed by atoms with Gasteiger partial charge in [-0.2, -0.15) is 0 Å². The van der Waals surface area contributed by atoms with E-state index < -0.39 is 0 Å². The molecule has 0 saturated carbocycles. The van der Waals surface area contributed by atoms with Crippen molar-refractivity contribution < 1.29 is 4.79 Å². The Morgan fingerprint density at radius 2 is 1.94 bits per heavy atom. The van der Waals surface area contributed by atoms with Gasteiger partial charge in [-0.1, -0.05) is 20.8 Å². The highest BCUT2D eigenvalue weighted by atomic mass is 16.2. The molecule has 0 bridgehead atoms. The van der Waals surface area contributed by atoms with Crippen molar-refractivity contribution in [1.82, 2.24) is 15.1 Å². The van der Waals surface area contributed by atoms with Crippen LogP contribution in [0.2, 0.25) is 0 Å². The number of hydrogen-bond acceptors (Lipinski definition) is 3. The maximum Gasteiger partial charge on any atom is 0.241 e. The Bertz CT molecular complexity index is 287. The number of hydrogen-bond donors (Lipinski definition) is 1. The molecule has 0 aromatic heterocycles. The Hall–Kier alpha value is -0.610. The molecule has 0 aromatic carbocycles. The quantitative estimate of drug-likeness (QED) is 0.801. The fourth-order valence-electron chi connectivity index (χ4n) is 3.04. The van der Waals surface area contributed by atoms with Crippen LogP contribution >= 0.6 is 0 Å². The molecule has 2 aliphatic heterocycles. The van der Waals surface area contributed by atoms with Gasteiger partial charge >= 0.3 is 0 Å². The Morgan fingerprint density at radius 3 is 2.50 bits per heavy atom. The van der Waals surface area contributed by atoms with Crippen molar-refractivity contribution in [1.29, 1.82) is 0 Å². The van der Waals surface area contributed by atoms with Gasteiger partial charge in [0.25, 0.3) is 0 Å². The number of rotatable bonds is 5. The molecule has 1 N–H and O–H groups in total. The highest BCUT2D eigenvalue weighted by Gasteiger charge is 2.39. The first-order valence-corrected chi connectivity index (χ1v) is 7.42. The maximum atomic E-state index is 12.4. The molecule has 0 aliphatic carbocycles. The number of carbonyl (C=O) groups excluding carboxylic acids is 1. The standard InChI is InChI=1S/C14H27N3O/c1-4-12-15-13(11(2)3)14(18)17(12)10-9-16-7-5-6-8-16/h11-13,15H,4-10H2,1-3H3. The summed E-state index contributed by atoms with van der Waals surface area (Å²) >= 11 is 0. The molecule has 2 aliphatic rings. The minimum atomic E-state index is 0.0218. The van der Waals surface area contributed by atoms with E-state index in [1.54, 1.807) is 0 Å². The fraction of sp³-hybridized carbons (Fsp3) is 0.929. The average Bonchev–Trinajstić information content (AvgIpc) is 2.94. The molecule has 4 nitrogen and oxygen atoms in total. The van der Waals surface area contributed by atoms with E-state index >= 15 is 0 Å². The minimum absolute atomic E-state index is 0.0218. The van der Waals surface area contributed by atoms with Gasteiger partial charge < -0.3 is 9.80 Å². The molecule has 0 aromatic rings. The second-order valence-corrected chi connectivity index (χ2v) is 5.89. The zero-order valence-corrected chi connectivity index (χ0v) is 12.0. The van der Waals surface area contributed by atoms with Crippen LogP contribution in [-0.4, -0.2) is 54.1 Å². The third-order valence-corrected chi connectivity index (χ3v) is 4.21. The monoisotopic (exact) mass is 253 g/mol. The predicted octanol–water partition coefficient (Wildman–Crippen LogP) is 1.27. The lowest BCUT2D eigenvalue weighted by molar-refractivity contribution is -0.130. The third kappa shape index (κ3) is 2.86. The van der Waals surface area contributed by atoms with Crippen LogP contribution in [0.25, 0.3) is 0 Å². The summed E-state index contributed by atoms with van der Waals surface area (Å²) in [7, 11) is 0. The summed E-state index contributed by atoms with van der Waals surface area (Å²) < 4.78 is 0. The zero-order chi connectivity index (χ0) is 13.1. The van der Waals surface area contributed by atoms with Gasteiger partial charge in [0.15, 0.2) is 0 Å². The molecule has 2 saturated heterocycles. The van der Waals surface area contributed by atoms with E-state index in [0.29, 0.717) is 11.8 Å². The first kappa shape index (κ1) is 13.8. The maximum absolute atomic E-state index is 12.4. The van der Waals surface area contributed by atoms with Crippen molar-refractivity contribution in [2.75, 3.05) is 26.2 Å². The molecule has 2 fully saturated rings. The molecule has 18 heavy (non-hydrogen) atoms. The Morgan fingerprint density at radius 1 is 1.28 bits per heavy atom. The highest BCUT2D eigenvalue weighted by molar-refractivity contribution is 5.84. The third-order valence-electron chi connectivity index (χ3n) is 4.21. The average molecular weight is 253 g/mol. The van der Waals surface area contributed by atoms with E-state index in [1.807, 2.05) is 0 Å². The highest BCUT2D eigenvalue weighted by Crippen LogP contribution is 2.19. The first-order valence-electron chi connectivity index (χ1n) is 7.42. The Labute approximate surface area is 111 Å². The summed E-state index contributed by atoms with van der Waals surface area (Å²) in [5.74, 6) is 0.680. The van der Waals surface area contributed by atoms with Gasteiger partial charge in [-0.05, 0) is 38.3 Å².